The van der Waals surface area contributed by atoms with Gasteiger partial charge in [-0.25, -0.2) is 4.68 Å². The summed E-state index contributed by atoms with van der Waals surface area (Å²) >= 11 is 0. The molecule has 1 unspecified atom stereocenters. The van der Waals surface area contributed by atoms with Crippen molar-refractivity contribution in [1.82, 2.24) is 15.1 Å². The molecule has 1 rings (SSSR count). The summed E-state index contributed by atoms with van der Waals surface area (Å²) in [6.45, 7) is 3.97. The lowest BCUT2D eigenvalue weighted by Gasteiger charge is -2.09. The van der Waals surface area contributed by atoms with Crippen LogP contribution in [0.15, 0.2) is 16.9 Å². The molecular weight excluding hydrogens is 262 g/mol. The molecule has 1 heterocycles. The molecule has 0 aliphatic carbocycles. The van der Waals surface area contributed by atoms with Gasteiger partial charge in [-0.05, 0) is 12.5 Å². The number of carboxylic acids is 1. The average Bonchev–Trinajstić information content (AvgIpc) is 2.43. The molecule has 1 aromatic rings. The van der Waals surface area contributed by atoms with Gasteiger partial charge in [0.15, 0.2) is 0 Å². The second-order valence-corrected chi connectivity index (χ2v) is 4.58. The Kier molecular flexibility index (Phi) is 5.89. The lowest BCUT2D eigenvalue weighted by molar-refractivity contribution is -0.140. The highest BCUT2D eigenvalue weighted by atomic mass is 16.4. The van der Waals surface area contributed by atoms with Crippen molar-refractivity contribution in [3.05, 3.63) is 28.2 Å². The summed E-state index contributed by atoms with van der Waals surface area (Å²) in [5, 5.41) is 15.2. The van der Waals surface area contributed by atoms with Crippen LogP contribution in [-0.4, -0.2) is 33.3 Å². The first-order valence-corrected chi connectivity index (χ1v) is 6.55. The van der Waals surface area contributed by atoms with Gasteiger partial charge in [0.25, 0.3) is 11.5 Å². The van der Waals surface area contributed by atoms with Crippen LogP contribution >= 0.6 is 0 Å². The Morgan fingerprint density at radius 2 is 2.15 bits per heavy atom. The van der Waals surface area contributed by atoms with Crippen molar-refractivity contribution in [2.75, 3.05) is 6.54 Å². The zero-order valence-corrected chi connectivity index (χ0v) is 11.6. The summed E-state index contributed by atoms with van der Waals surface area (Å²) in [7, 11) is 0. The molecule has 0 radical (unpaired) electrons. The van der Waals surface area contributed by atoms with Crippen molar-refractivity contribution in [2.24, 2.45) is 5.92 Å². The number of unbranched alkanes of at least 4 members (excludes halogenated alkanes) is 1. The van der Waals surface area contributed by atoms with E-state index < -0.39 is 17.8 Å². The number of rotatable bonds is 7. The standard InChI is InChI=1S/C13H19N3O4/c1-3-4-7-16-11(17)6-5-10(15-16)12(18)14-8-9(2)13(19)20/h5-6,9H,3-4,7-8H2,1-2H3,(H,14,18)(H,19,20). The molecule has 0 saturated heterocycles. The van der Waals surface area contributed by atoms with E-state index in [1.54, 1.807) is 0 Å². The van der Waals surface area contributed by atoms with Crippen LogP contribution < -0.4 is 10.9 Å². The summed E-state index contributed by atoms with van der Waals surface area (Å²) in [4.78, 5) is 34.0. The fraction of sp³-hybridized carbons (Fsp3) is 0.538. The zero-order valence-electron chi connectivity index (χ0n) is 11.6. The Hall–Kier alpha value is -2.18. The summed E-state index contributed by atoms with van der Waals surface area (Å²) in [6, 6.07) is 2.63. The summed E-state index contributed by atoms with van der Waals surface area (Å²) in [5.74, 6) is -2.14. The third kappa shape index (κ3) is 4.49. The van der Waals surface area contributed by atoms with Gasteiger partial charge in [0.05, 0.1) is 5.92 Å². The number of carbonyl (C=O) groups is 2. The largest absolute Gasteiger partial charge is 0.481 e. The van der Waals surface area contributed by atoms with E-state index in [2.05, 4.69) is 10.4 Å². The van der Waals surface area contributed by atoms with Gasteiger partial charge in [0, 0.05) is 19.2 Å². The fourth-order valence-electron chi connectivity index (χ4n) is 1.46. The number of amides is 1. The smallest absolute Gasteiger partial charge is 0.308 e. The molecule has 7 heteroatoms. The molecule has 0 fully saturated rings. The van der Waals surface area contributed by atoms with Crippen LogP contribution in [0.2, 0.25) is 0 Å². The van der Waals surface area contributed by atoms with Gasteiger partial charge in [-0.3, -0.25) is 14.4 Å². The molecule has 0 spiro atoms. The third-order valence-corrected chi connectivity index (χ3v) is 2.81. The maximum atomic E-state index is 11.8. The molecule has 0 saturated carbocycles. The van der Waals surface area contributed by atoms with Gasteiger partial charge in [0.1, 0.15) is 5.69 Å². The van der Waals surface area contributed by atoms with Crippen LogP contribution in [0.3, 0.4) is 0 Å². The minimum Gasteiger partial charge on any atom is -0.481 e. The maximum Gasteiger partial charge on any atom is 0.308 e. The average molecular weight is 281 g/mol. The molecule has 1 aromatic heterocycles. The Morgan fingerprint density at radius 3 is 2.75 bits per heavy atom. The van der Waals surface area contributed by atoms with E-state index in [0.29, 0.717) is 6.54 Å². The van der Waals surface area contributed by atoms with E-state index in [-0.39, 0.29) is 17.8 Å². The Balaban J connectivity index is 2.73. The Labute approximate surface area is 116 Å². The van der Waals surface area contributed by atoms with Crippen molar-refractivity contribution in [1.29, 1.82) is 0 Å². The Morgan fingerprint density at radius 1 is 1.45 bits per heavy atom. The number of carbonyl (C=O) groups excluding carboxylic acids is 1. The SMILES string of the molecule is CCCCn1nc(C(=O)NCC(C)C(=O)O)ccc1=O. The predicted octanol–water partition coefficient (Wildman–Crippen LogP) is 0.494. The number of hydrogen-bond donors (Lipinski definition) is 2. The highest BCUT2D eigenvalue weighted by Crippen LogP contribution is 1.96. The maximum absolute atomic E-state index is 11.8. The van der Waals surface area contributed by atoms with Gasteiger partial charge in [-0.2, -0.15) is 5.10 Å². The first-order valence-electron chi connectivity index (χ1n) is 6.55. The second-order valence-electron chi connectivity index (χ2n) is 4.58. The van der Waals surface area contributed by atoms with Crippen molar-refractivity contribution < 1.29 is 14.7 Å². The highest BCUT2D eigenvalue weighted by Gasteiger charge is 2.14. The van der Waals surface area contributed by atoms with Crippen LogP contribution in [-0.2, 0) is 11.3 Å². The van der Waals surface area contributed by atoms with Crippen LogP contribution in [0.4, 0.5) is 0 Å². The molecule has 20 heavy (non-hydrogen) atoms. The van der Waals surface area contributed by atoms with E-state index in [0.717, 1.165) is 12.8 Å². The number of aromatic nitrogens is 2. The predicted molar refractivity (Wildman–Crippen MR) is 72.5 cm³/mol. The van der Waals surface area contributed by atoms with E-state index in [4.69, 9.17) is 5.11 Å². The minimum atomic E-state index is -0.980. The number of carboxylic acid groups (broad SMARTS) is 1. The molecule has 0 aromatic carbocycles. The molecule has 2 N–H and O–H groups in total. The van der Waals surface area contributed by atoms with Gasteiger partial charge in [0.2, 0.25) is 0 Å². The van der Waals surface area contributed by atoms with Gasteiger partial charge < -0.3 is 10.4 Å². The summed E-state index contributed by atoms with van der Waals surface area (Å²) in [6.07, 6.45) is 1.72. The van der Waals surface area contributed by atoms with Gasteiger partial charge in [-0.1, -0.05) is 20.3 Å². The van der Waals surface area contributed by atoms with E-state index >= 15 is 0 Å². The van der Waals surface area contributed by atoms with Crippen LogP contribution in [0.5, 0.6) is 0 Å². The number of nitrogens with one attached hydrogen (secondary N) is 1. The zero-order chi connectivity index (χ0) is 15.1. The quantitative estimate of drug-likeness (QED) is 0.757. The normalized spacial score (nSPS) is 11.9. The molecule has 0 aliphatic rings. The van der Waals surface area contributed by atoms with E-state index in [1.807, 2.05) is 6.92 Å². The number of aliphatic carboxylic acids is 1. The fourth-order valence-corrected chi connectivity index (χ4v) is 1.46. The first-order chi connectivity index (χ1) is 9.45. The lowest BCUT2D eigenvalue weighted by atomic mass is 10.2. The van der Waals surface area contributed by atoms with Crippen LogP contribution in [0, 0.1) is 5.92 Å². The van der Waals surface area contributed by atoms with Crippen LogP contribution in [0.25, 0.3) is 0 Å². The third-order valence-electron chi connectivity index (χ3n) is 2.81. The Bertz CT molecular complexity index is 539. The molecule has 0 bridgehead atoms. The molecule has 0 aliphatic heterocycles. The number of hydrogen-bond acceptors (Lipinski definition) is 4. The minimum absolute atomic E-state index is 0.0178. The van der Waals surface area contributed by atoms with E-state index in [1.165, 1.54) is 23.7 Å². The monoisotopic (exact) mass is 281 g/mol. The lowest BCUT2D eigenvalue weighted by Crippen LogP contribution is -2.34. The molecule has 1 amide bonds. The van der Waals surface area contributed by atoms with Gasteiger partial charge in [-0.15, -0.1) is 0 Å². The summed E-state index contributed by atoms with van der Waals surface area (Å²) in [5.41, 5.74) is -0.146. The van der Waals surface area contributed by atoms with E-state index in [9.17, 15) is 14.4 Å². The first kappa shape index (κ1) is 15.9. The van der Waals surface area contributed by atoms with Crippen LogP contribution in [0.1, 0.15) is 37.2 Å². The molecule has 7 nitrogen and oxygen atoms in total. The van der Waals surface area contributed by atoms with Crippen molar-refractivity contribution in [2.45, 2.75) is 33.2 Å². The topological polar surface area (TPSA) is 101 Å². The van der Waals surface area contributed by atoms with Crippen molar-refractivity contribution in [3.63, 3.8) is 0 Å². The van der Waals surface area contributed by atoms with Gasteiger partial charge >= 0.3 is 5.97 Å². The molecular formula is C13H19N3O4. The summed E-state index contributed by atoms with van der Waals surface area (Å²) < 4.78 is 1.25. The molecule has 110 valence electrons. The van der Waals surface area contributed by atoms with Crippen molar-refractivity contribution in [3.8, 4) is 0 Å². The highest BCUT2D eigenvalue weighted by molar-refractivity contribution is 5.92. The van der Waals surface area contributed by atoms with Crippen molar-refractivity contribution >= 4 is 11.9 Å². The second kappa shape index (κ2) is 7.42. The number of nitrogens with zero attached hydrogens (tertiary/aromatic N) is 2. The molecule has 1 atom stereocenters. The number of aryl methyl sites for hydroxylation is 1.